The van der Waals surface area contributed by atoms with Crippen molar-refractivity contribution < 1.29 is 19.5 Å². The minimum atomic E-state index is -0.548. The molecule has 0 bridgehead atoms. The molecule has 0 aromatic heterocycles. The molecule has 8 nitrogen and oxygen atoms in total. The standard InChI is InChI=1S/C15H13N3O5S/c19-12-3-2-10(18(20)21)6-11(12)17-15(24)16-7-9-1-4-13-14(5-9)23-8-22-13/h1-6,19H,7-8H2,(H2,16,17,24). The van der Waals surface area contributed by atoms with Crippen molar-refractivity contribution in [3.63, 3.8) is 0 Å². The Labute approximate surface area is 142 Å². The maximum Gasteiger partial charge on any atom is 0.271 e. The summed E-state index contributed by atoms with van der Waals surface area (Å²) in [4.78, 5) is 10.2. The molecule has 1 aliphatic rings. The van der Waals surface area contributed by atoms with Crippen molar-refractivity contribution in [1.82, 2.24) is 5.32 Å². The molecule has 0 unspecified atom stereocenters. The monoisotopic (exact) mass is 347 g/mol. The van der Waals surface area contributed by atoms with Crippen LogP contribution in [-0.4, -0.2) is 21.9 Å². The van der Waals surface area contributed by atoms with E-state index < -0.39 is 4.92 Å². The maximum atomic E-state index is 10.8. The number of nitrogens with zero attached hydrogens (tertiary/aromatic N) is 1. The maximum absolute atomic E-state index is 10.8. The fourth-order valence-electron chi connectivity index (χ4n) is 2.14. The van der Waals surface area contributed by atoms with Gasteiger partial charge in [0.05, 0.1) is 10.6 Å². The smallest absolute Gasteiger partial charge is 0.271 e. The Morgan fingerprint density at radius 1 is 1.25 bits per heavy atom. The number of anilines is 1. The highest BCUT2D eigenvalue weighted by molar-refractivity contribution is 7.80. The molecule has 0 saturated heterocycles. The summed E-state index contributed by atoms with van der Waals surface area (Å²) in [5, 5.41) is 26.5. The van der Waals surface area contributed by atoms with Gasteiger partial charge in [-0.05, 0) is 36.0 Å². The lowest BCUT2D eigenvalue weighted by atomic mass is 10.2. The number of nitro benzene ring substituents is 1. The lowest BCUT2D eigenvalue weighted by Gasteiger charge is -2.12. The lowest BCUT2D eigenvalue weighted by Crippen LogP contribution is -2.27. The molecule has 0 atom stereocenters. The predicted molar refractivity (Wildman–Crippen MR) is 90.4 cm³/mol. The second kappa shape index (κ2) is 6.59. The van der Waals surface area contributed by atoms with Gasteiger partial charge in [-0.25, -0.2) is 0 Å². The Balaban J connectivity index is 1.62. The summed E-state index contributed by atoms with van der Waals surface area (Å²) in [6.07, 6.45) is 0. The van der Waals surface area contributed by atoms with Crippen molar-refractivity contribution in [1.29, 1.82) is 0 Å². The summed E-state index contributed by atoms with van der Waals surface area (Å²) >= 11 is 5.14. The van der Waals surface area contributed by atoms with Crippen molar-refractivity contribution >= 4 is 28.7 Å². The first kappa shape index (κ1) is 15.8. The average Bonchev–Trinajstić information content (AvgIpc) is 3.02. The zero-order valence-corrected chi connectivity index (χ0v) is 13.1. The third kappa shape index (κ3) is 3.46. The van der Waals surface area contributed by atoms with E-state index in [0.29, 0.717) is 18.0 Å². The Bertz CT molecular complexity index is 812. The van der Waals surface area contributed by atoms with Crippen LogP contribution in [0.5, 0.6) is 17.2 Å². The highest BCUT2D eigenvalue weighted by Crippen LogP contribution is 2.32. The van der Waals surface area contributed by atoms with E-state index in [1.165, 1.54) is 18.2 Å². The van der Waals surface area contributed by atoms with Crippen LogP contribution in [0.4, 0.5) is 11.4 Å². The van der Waals surface area contributed by atoms with Crippen LogP contribution in [0.3, 0.4) is 0 Å². The van der Waals surface area contributed by atoms with Crippen LogP contribution < -0.4 is 20.1 Å². The second-order valence-corrected chi connectivity index (χ2v) is 5.36. The zero-order chi connectivity index (χ0) is 17.1. The van der Waals surface area contributed by atoms with Crippen molar-refractivity contribution in [2.75, 3.05) is 12.1 Å². The number of nitrogens with one attached hydrogen (secondary N) is 2. The summed E-state index contributed by atoms with van der Waals surface area (Å²) in [5.74, 6) is 1.23. The van der Waals surface area contributed by atoms with E-state index in [0.717, 1.165) is 5.56 Å². The molecule has 124 valence electrons. The van der Waals surface area contributed by atoms with Crippen molar-refractivity contribution in [2.45, 2.75) is 6.54 Å². The topological polar surface area (TPSA) is 106 Å². The van der Waals surface area contributed by atoms with Gasteiger partial charge in [-0.2, -0.15) is 0 Å². The van der Waals surface area contributed by atoms with Crippen LogP contribution in [0.2, 0.25) is 0 Å². The number of ether oxygens (including phenoxy) is 2. The minimum Gasteiger partial charge on any atom is -0.506 e. The highest BCUT2D eigenvalue weighted by atomic mass is 32.1. The number of rotatable bonds is 4. The summed E-state index contributed by atoms with van der Waals surface area (Å²) in [6, 6.07) is 9.17. The van der Waals surface area contributed by atoms with Gasteiger partial charge < -0.3 is 25.2 Å². The first-order valence-electron chi connectivity index (χ1n) is 6.94. The van der Waals surface area contributed by atoms with E-state index in [1.807, 2.05) is 18.2 Å². The van der Waals surface area contributed by atoms with Gasteiger partial charge in [-0.1, -0.05) is 6.07 Å². The number of phenols is 1. The predicted octanol–water partition coefficient (Wildman–Crippen LogP) is 2.52. The van der Waals surface area contributed by atoms with Gasteiger partial charge in [-0.3, -0.25) is 10.1 Å². The molecule has 1 aliphatic heterocycles. The molecule has 0 radical (unpaired) electrons. The molecule has 24 heavy (non-hydrogen) atoms. The van der Waals surface area contributed by atoms with Crippen molar-refractivity contribution in [2.24, 2.45) is 0 Å². The first-order valence-corrected chi connectivity index (χ1v) is 7.34. The number of thiocarbonyl (C=S) groups is 1. The lowest BCUT2D eigenvalue weighted by molar-refractivity contribution is -0.384. The molecule has 0 amide bonds. The fourth-order valence-corrected chi connectivity index (χ4v) is 2.32. The van der Waals surface area contributed by atoms with Crippen LogP contribution in [-0.2, 0) is 6.54 Å². The number of aromatic hydroxyl groups is 1. The van der Waals surface area contributed by atoms with E-state index in [4.69, 9.17) is 21.7 Å². The van der Waals surface area contributed by atoms with E-state index >= 15 is 0 Å². The molecular weight excluding hydrogens is 334 g/mol. The number of hydrogen-bond acceptors (Lipinski definition) is 6. The van der Waals surface area contributed by atoms with Crippen LogP contribution in [0.15, 0.2) is 36.4 Å². The Morgan fingerprint density at radius 3 is 2.83 bits per heavy atom. The zero-order valence-electron chi connectivity index (χ0n) is 12.3. The van der Waals surface area contributed by atoms with Crippen LogP contribution in [0.1, 0.15) is 5.56 Å². The van der Waals surface area contributed by atoms with Gasteiger partial charge in [0.1, 0.15) is 5.75 Å². The molecule has 9 heteroatoms. The number of benzene rings is 2. The summed E-state index contributed by atoms with van der Waals surface area (Å²) in [7, 11) is 0. The molecular formula is C15H13N3O5S. The van der Waals surface area contributed by atoms with Gasteiger partial charge >= 0.3 is 0 Å². The quantitative estimate of drug-likeness (QED) is 0.335. The highest BCUT2D eigenvalue weighted by Gasteiger charge is 2.14. The first-order chi connectivity index (χ1) is 11.5. The third-order valence-electron chi connectivity index (χ3n) is 3.33. The average molecular weight is 347 g/mol. The largest absolute Gasteiger partial charge is 0.506 e. The molecule has 0 saturated carbocycles. The molecule has 2 aromatic carbocycles. The Hall–Kier alpha value is -3.07. The van der Waals surface area contributed by atoms with Gasteiger partial charge in [0.15, 0.2) is 16.6 Å². The third-order valence-corrected chi connectivity index (χ3v) is 3.58. The molecule has 0 spiro atoms. The fraction of sp³-hybridized carbons (Fsp3) is 0.133. The van der Waals surface area contributed by atoms with Gasteiger partial charge in [0.25, 0.3) is 5.69 Å². The van der Waals surface area contributed by atoms with Crippen LogP contribution >= 0.6 is 12.2 Å². The van der Waals surface area contributed by atoms with Gasteiger partial charge in [0.2, 0.25) is 6.79 Å². The van der Waals surface area contributed by atoms with E-state index in [9.17, 15) is 15.2 Å². The molecule has 0 fully saturated rings. The van der Waals surface area contributed by atoms with Crippen LogP contribution in [0, 0.1) is 10.1 Å². The molecule has 3 N–H and O–H groups in total. The molecule has 0 aliphatic carbocycles. The molecule has 1 heterocycles. The Kier molecular flexibility index (Phi) is 4.34. The SMILES string of the molecule is O=[N+]([O-])c1ccc(O)c(NC(=S)NCc2ccc3c(c2)OCO3)c1. The minimum absolute atomic E-state index is 0.132. The number of phenolic OH excluding ortho intramolecular Hbond substituents is 1. The van der Waals surface area contributed by atoms with Gasteiger partial charge in [0, 0.05) is 18.7 Å². The number of hydrogen-bond donors (Lipinski definition) is 3. The van der Waals surface area contributed by atoms with Gasteiger partial charge in [-0.15, -0.1) is 0 Å². The summed E-state index contributed by atoms with van der Waals surface area (Å²) in [6.45, 7) is 0.621. The number of non-ortho nitro benzene ring substituents is 1. The van der Waals surface area contributed by atoms with E-state index in [1.54, 1.807) is 0 Å². The summed E-state index contributed by atoms with van der Waals surface area (Å²) < 4.78 is 10.5. The second-order valence-electron chi connectivity index (χ2n) is 4.95. The molecule has 2 aromatic rings. The van der Waals surface area contributed by atoms with E-state index in [2.05, 4.69) is 10.6 Å². The molecule has 3 rings (SSSR count). The normalized spacial score (nSPS) is 11.8. The number of fused-ring (bicyclic) bond motifs is 1. The summed E-state index contributed by atoms with van der Waals surface area (Å²) in [5.41, 5.74) is 0.938. The Morgan fingerprint density at radius 2 is 2.04 bits per heavy atom. The van der Waals surface area contributed by atoms with Crippen molar-refractivity contribution in [3.8, 4) is 17.2 Å². The van der Waals surface area contributed by atoms with Crippen LogP contribution in [0.25, 0.3) is 0 Å². The number of nitro groups is 1. The van der Waals surface area contributed by atoms with E-state index in [-0.39, 0.29) is 29.0 Å². The van der Waals surface area contributed by atoms with Crippen molar-refractivity contribution in [3.05, 3.63) is 52.1 Å².